The molecule has 0 fully saturated rings. The first kappa shape index (κ1) is 12.6. The number of hydrogen-bond donors (Lipinski definition) is 2. The number of para-hydroxylation sites is 1. The third-order valence-electron chi connectivity index (χ3n) is 3.74. The minimum absolute atomic E-state index is 0.0298. The second-order valence-corrected chi connectivity index (χ2v) is 5.09. The summed E-state index contributed by atoms with van der Waals surface area (Å²) < 4.78 is 1.56. The number of nitrogens with zero attached hydrogens (tertiary/aromatic N) is 4. The average molecular weight is 296 g/mol. The molecular formula is C14H12N6O2. The Morgan fingerprint density at radius 2 is 2.18 bits per heavy atom. The van der Waals surface area contributed by atoms with E-state index in [0.29, 0.717) is 11.8 Å². The number of fused-ring (bicyclic) bond motifs is 2. The van der Waals surface area contributed by atoms with Gasteiger partial charge in [0.25, 0.3) is 5.70 Å². The predicted octanol–water partition coefficient (Wildman–Crippen LogP) is 2.20. The molecule has 2 aromatic heterocycles. The number of rotatable bonds is 2. The van der Waals surface area contributed by atoms with Gasteiger partial charge in [0.1, 0.15) is 5.82 Å². The minimum atomic E-state index is -0.622. The van der Waals surface area contributed by atoms with Crippen LogP contribution < -0.4 is 5.32 Å². The highest BCUT2D eigenvalue weighted by Crippen LogP contribution is 2.35. The van der Waals surface area contributed by atoms with Crippen molar-refractivity contribution >= 4 is 16.9 Å². The zero-order valence-corrected chi connectivity index (χ0v) is 11.6. The molecule has 22 heavy (non-hydrogen) atoms. The van der Waals surface area contributed by atoms with Crippen LogP contribution in [0.4, 0.5) is 5.95 Å². The van der Waals surface area contributed by atoms with Crippen molar-refractivity contribution in [2.24, 2.45) is 0 Å². The number of H-pyrrole nitrogens is 1. The van der Waals surface area contributed by atoms with Gasteiger partial charge in [0.2, 0.25) is 5.95 Å². The molecule has 0 aliphatic carbocycles. The summed E-state index contributed by atoms with van der Waals surface area (Å²) >= 11 is 0. The van der Waals surface area contributed by atoms with E-state index < -0.39 is 6.04 Å². The number of hydrogen-bond acceptors (Lipinski definition) is 5. The summed E-state index contributed by atoms with van der Waals surface area (Å²) in [6, 6.07) is 7.07. The van der Waals surface area contributed by atoms with Crippen LogP contribution in [0.3, 0.4) is 0 Å². The number of allylic oxidation sites excluding steroid dienone is 1. The lowest BCUT2D eigenvalue weighted by Crippen LogP contribution is -2.25. The van der Waals surface area contributed by atoms with Gasteiger partial charge in [0.15, 0.2) is 6.04 Å². The van der Waals surface area contributed by atoms with E-state index in [1.54, 1.807) is 17.8 Å². The average Bonchev–Trinajstić information content (AvgIpc) is 3.08. The van der Waals surface area contributed by atoms with Crippen molar-refractivity contribution in [1.29, 1.82) is 0 Å². The fourth-order valence-electron chi connectivity index (χ4n) is 2.82. The number of aryl methyl sites for hydroxylation is 1. The zero-order valence-electron chi connectivity index (χ0n) is 11.6. The summed E-state index contributed by atoms with van der Waals surface area (Å²) in [7, 11) is 0. The summed E-state index contributed by atoms with van der Waals surface area (Å²) in [5.41, 5.74) is 1.76. The summed E-state index contributed by atoms with van der Waals surface area (Å²) in [5.74, 6) is 1.06. The van der Waals surface area contributed by atoms with Gasteiger partial charge >= 0.3 is 0 Å². The first-order chi connectivity index (χ1) is 10.6. The van der Waals surface area contributed by atoms with Gasteiger partial charge in [-0.25, -0.2) is 4.68 Å². The molecule has 110 valence electrons. The molecule has 1 aliphatic rings. The number of benzene rings is 1. The highest BCUT2D eigenvalue weighted by atomic mass is 16.6. The van der Waals surface area contributed by atoms with Crippen molar-refractivity contribution in [1.82, 2.24) is 19.7 Å². The Morgan fingerprint density at radius 3 is 3.00 bits per heavy atom. The van der Waals surface area contributed by atoms with E-state index in [-0.39, 0.29) is 10.6 Å². The van der Waals surface area contributed by atoms with Crippen LogP contribution in [0.2, 0.25) is 0 Å². The SMILES string of the molecule is Cc1nc2n(n1)C(c1c[nH]c3ccccc13)C([N+](=O)[O-])=CN2. The molecule has 3 aromatic rings. The van der Waals surface area contributed by atoms with Crippen LogP contribution in [0.25, 0.3) is 10.9 Å². The van der Waals surface area contributed by atoms with Crippen LogP contribution in [0.1, 0.15) is 17.4 Å². The monoisotopic (exact) mass is 296 g/mol. The third-order valence-corrected chi connectivity index (χ3v) is 3.74. The van der Waals surface area contributed by atoms with Crippen LogP contribution in [0, 0.1) is 17.0 Å². The smallest absolute Gasteiger partial charge is 0.291 e. The molecule has 0 radical (unpaired) electrons. The quantitative estimate of drug-likeness (QED) is 0.557. The number of aromatic nitrogens is 4. The number of nitro groups is 1. The van der Waals surface area contributed by atoms with Gasteiger partial charge in [0.05, 0.1) is 11.1 Å². The fraction of sp³-hybridized carbons (Fsp3) is 0.143. The van der Waals surface area contributed by atoms with Gasteiger partial charge in [0, 0.05) is 22.7 Å². The topological polar surface area (TPSA) is 102 Å². The van der Waals surface area contributed by atoms with Crippen molar-refractivity contribution < 1.29 is 4.92 Å². The maximum atomic E-state index is 11.4. The molecule has 0 saturated carbocycles. The van der Waals surface area contributed by atoms with Crippen molar-refractivity contribution in [3.63, 3.8) is 0 Å². The lowest BCUT2D eigenvalue weighted by Gasteiger charge is -2.20. The van der Waals surface area contributed by atoms with E-state index >= 15 is 0 Å². The zero-order chi connectivity index (χ0) is 15.3. The van der Waals surface area contributed by atoms with Crippen LogP contribution >= 0.6 is 0 Å². The maximum Gasteiger partial charge on any atom is 0.291 e. The molecule has 8 heteroatoms. The summed E-state index contributed by atoms with van der Waals surface area (Å²) in [6.45, 7) is 1.76. The Kier molecular flexibility index (Phi) is 2.52. The summed E-state index contributed by atoms with van der Waals surface area (Å²) in [4.78, 5) is 18.4. The molecule has 1 aromatic carbocycles. The highest BCUT2D eigenvalue weighted by Gasteiger charge is 2.36. The van der Waals surface area contributed by atoms with Gasteiger partial charge in [-0.1, -0.05) is 18.2 Å². The van der Waals surface area contributed by atoms with Gasteiger partial charge < -0.3 is 10.3 Å². The predicted molar refractivity (Wildman–Crippen MR) is 79.9 cm³/mol. The second-order valence-electron chi connectivity index (χ2n) is 5.09. The number of anilines is 1. The van der Waals surface area contributed by atoms with Crippen LogP contribution in [-0.4, -0.2) is 24.7 Å². The number of nitrogens with one attached hydrogen (secondary N) is 2. The largest absolute Gasteiger partial charge is 0.361 e. The van der Waals surface area contributed by atoms with Crippen molar-refractivity contribution in [3.05, 3.63) is 63.9 Å². The molecule has 4 rings (SSSR count). The molecule has 0 saturated heterocycles. The fourth-order valence-corrected chi connectivity index (χ4v) is 2.82. The first-order valence-electron chi connectivity index (χ1n) is 6.75. The van der Waals surface area contributed by atoms with Gasteiger partial charge in [-0.05, 0) is 13.0 Å². The lowest BCUT2D eigenvalue weighted by atomic mass is 10.0. The molecular weight excluding hydrogens is 284 g/mol. The van der Waals surface area contributed by atoms with Gasteiger partial charge in [-0.3, -0.25) is 10.1 Å². The Balaban J connectivity index is 1.97. The van der Waals surface area contributed by atoms with Crippen molar-refractivity contribution in [2.45, 2.75) is 13.0 Å². The third kappa shape index (κ3) is 1.70. The van der Waals surface area contributed by atoms with E-state index in [2.05, 4.69) is 20.4 Å². The molecule has 1 atom stereocenters. The molecule has 8 nitrogen and oxygen atoms in total. The van der Waals surface area contributed by atoms with Crippen LogP contribution in [0.5, 0.6) is 0 Å². The molecule has 0 amide bonds. The standard InChI is InChI=1S/C14H12N6O2/c1-8-17-14-16-7-12(20(21)22)13(19(14)18-8)10-6-15-11-5-3-2-4-9(10)11/h2-7,13,15H,1H3,(H,16,17,18). The van der Waals surface area contributed by atoms with Crippen LogP contribution in [-0.2, 0) is 0 Å². The molecule has 2 N–H and O–H groups in total. The normalized spacial score (nSPS) is 17.0. The van der Waals surface area contributed by atoms with Gasteiger partial charge in [-0.2, -0.15) is 10.1 Å². The van der Waals surface area contributed by atoms with E-state index in [0.717, 1.165) is 16.5 Å². The maximum absolute atomic E-state index is 11.4. The molecule has 0 bridgehead atoms. The van der Waals surface area contributed by atoms with Crippen LogP contribution in [0.15, 0.2) is 42.4 Å². The van der Waals surface area contributed by atoms with E-state index in [4.69, 9.17) is 0 Å². The summed E-state index contributed by atoms with van der Waals surface area (Å²) in [6.07, 6.45) is 3.18. The Bertz CT molecular complexity index is 922. The van der Waals surface area contributed by atoms with E-state index in [9.17, 15) is 10.1 Å². The van der Waals surface area contributed by atoms with Gasteiger partial charge in [-0.15, -0.1) is 0 Å². The van der Waals surface area contributed by atoms with Crippen molar-refractivity contribution in [3.8, 4) is 0 Å². The highest BCUT2D eigenvalue weighted by molar-refractivity contribution is 5.84. The minimum Gasteiger partial charge on any atom is -0.361 e. The number of aromatic amines is 1. The molecule has 3 heterocycles. The first-order valence-corrected chi connectivity index (χ1v) is 6.75. The van der Waals surface area contributed by atoms with E-state index in [1.165, 1.54) is 6.20 Å². The second kappa shape index (κ2) is 4.42. The molecule has 0 spiro atoms. The Labute approximate surface area is 124 Å². The van der Waals surface area contributed by atoms with E-state index in [1.807, 2.05) is 24.3 Å². The summed E-state index contributed by atoms with van der Waals surface area (Å²) in [5, 5.41) is 19.5. The Hall–Kier alpha value is -3.16. The molecule has 1 unspecified atom stereocenters. The molecule has 1 aliphatic heterocycles. The lowest BCUT2D eigenvalue weighted by molar-refractivity contribution is -0.431. The Morgan fingerprint density at radius 1 is 1.36 bits per heavy atom. The van der Waals surface area contributed by atoms with Crippen molar-refractivity contribution in [2.75, 3.05) is 5.32 Å².